The predicted molar refractivity (Wildman–Crippen MR) is 246 cm³/mol. The first-order valence-corrected chi connectivity index (χ1v) is 27.4. The van der Waals surface area contributed by atoms with Gasteiger partial charge in [0.2, 0.25) is 0 Å². The number of hydrogen-bond acceptors (Lipinski definition) is 6. The third-order valence-electron chi connectivity index (χ3n) is 10.7. The van der Waals surface area contributed by atoms with Gasteiger partial charge >= 0.3 is 21.6 Å². The van der Waals surface area contributed by atoms with Crippen molar-refractivity contribution in [2.24, 2.45) is 5.92 Å². The summed E-state index contributed by atoms with van der Waals surface area (Å²) in [7, 11) is -9.28. The Morgan fingerprint density at radius 1 is 0.339 bits per heavy atom. The van der Waals surface area contributed by atoms with E-state index in [4.69, 9.17) is 58.9 Å². The van der Waals surface area contributed by atoms with Crippen LogP contribution < -0.4 is 0 Å². The summed E-state index contributed by atoms with van der Waals surface area (Å²) in [5.41, 5.74) is 0. The Morgan fingerprint density at radius 2 is 0.508 bits per heavy atom. The van der Waals surface area contributed by atoms with E-state index in [0.717, 1.165) is 5.92 Å². The second-order valence-electron chi connectivity index (χ2n) is 16.8. The molecule has 362 valence electrons. The molecule has 1 unspecified atom stereocenters. The van der Waals surface area contributed by atoms with E-state index < -0.39 is 27.7 Å². The monoisotopic (exact) mass is 895 g/mol. The van der Waals surface area contributed by atoms with Crippen LogP contribution >= 0.6 is 15.6 Å². The maximum atomic E-state index is 8.88. The second kappa shape index (κ2) is 49.1. The Kier molecular flexibility index (Phi) is 54.6. The molecule has 0 bridgehead atoms. The lowest BCUT2D eigenvalue weighted by atomic mass is 9.90. The van der Waals surface area contributed by atoms with Gasteiger partial charge in [0.25, 0.3) is 0 Å². The molecule has 0 aliphatic heterocycles. The zero-order valence-corrected chi connectivity index (χ0v) is 40.5. The molecule has 0 rings (SSSR count). The van der Waals surface area contributed by atoms with Crippen molar-refractivity contribution >= 4 is 15.6 Å². The third-order valence-corrected chi connectivity index (χ3v) is 10.7. The van der Waals surface area contributed by atoms with Gasteiger partial charge in [-0.05, 0) is 12.3 Å². The first-order valence-electron chi connectivity index (χ1n) is 24.2. The largest absolute Gasteiger partial charge is 0.466 e. The first-order chi connectivity index (χ1) is 27.8. The van der Waals surface area contributed by atoms with Gasteiger partial charge in [-0.3, -0.25) is 0 Å². The van der Waals surface area contributed by atoms with Crippen LogP contribution in [0.3, 0.4) is 0 Å². The number of aliphatic hydroxyl groups is 4. The molecule has 0 fully saturated rings. The van der Waals surface area contributed by atoms with Gasteiger partial charge in [-0.25, -0.2) is 9.13 Å². The van der Waals surface area contributed by atoms with Crippen LogP contribution in [0.1, 0.15) is 272 Å². The lowest BCUT2D eigenvalue weighted by Gasteiger charge is -2.18. The Balaban J connectivity index is -0.000000690. The average Bonchev–Trinajstić information content (AvgIpc) is 3.14. The van der Waals surface area contributed by atoms with Crippen LogP contribution in [0.15, 0.2) is 0 Å². The summed E-state index contributed by atoms with van der Waals surface area (Å²) in [6.45, 7) is 8.52. The Morgan fingerprint density at radius 3 is 0.661 bits per heavy atom. The summed E-state index contributed by atoms with van der Waals surface area (Å²) in [5, 5.41) is 32.9. The van der Waals surface area contributed by atoms with Crippen LogP contribution in [0.25, 0.3) is 0 Å². The highest BCUT2D eigenvalue weighted by molar-refractivity contribution is 7.45. The first kappa shape index (κ1) is 65.7. The minimum Gasteiger partial charge on any atom is -0.385 e. The molecular formula is C45H100O12P2. The Bertz CT molecular complexity index is 807. The van der Waals surface area contributed by atoms with Gasteiger partial charge in [0.05, 0.1) is 0 Å². The van der Waals surface area contributed by atoms with Crippen LogP contribution in [-0.2, 0) is 9.13 Å². The lowest BCUT2D eigenvalue weighted by molar-refractivity contribution is -0.354. The highest BCUT2D eigenvalue weighted by atomic mass is 31.2. The van der Waals surface area contributed by atoms with E-state index in [-0.39, 0.29) is 6.42 Å². The molecule has 0 radical (unpaired) electrons. The fourth-order valence-corrected chi connectivity index (χ4v) is 7.16. The number of unbranched alkanes of at least 4 members (excludes halogenated alkanes) is 31. The van der Waals surface area contributed by atoms with E-state index in [1.54, 1.807) is 0 Å². The quantitative estimate of drug-likeness (QED) is 0.0158. The zero-order chi connectivity index (χ0) is 45.5. The van der Waals surface area contributed by atoms with Crippen molar-refractivity contribution in [3.05, 3.63) is 0 Å². The zero-order valence-electron chi connectivity index (χ0n) is 38.7. The van der Waals surface area contributed by atoms with Crippen LogP contribution in [0.4, 0.5) is 0 Å². The molecule has 59 heavy (non-hydrogen) atoms. The van der Waals surface area contributed by atoms with Gasteiger partial charge in [0, 0.05) is 0 Å². The molecule has 0 aromatic heterocycles. The molecule has 0 saturated carbocycles. The summed E-state index contributed by atoms with van der Waals surface area (Å²) in [6, 6.07) is 0. The number of hydrogen-bond donors (Lipinski definition) is 10. The molecule has 0 spiro atoms. The SMILES string of the molecule is CCC(O)C(O)(O)O.CCCCCCCCCCCCCCCCCCC(CCCC)CCCCCCCCCCCCCCCCCC.O=P(O)(O)O.O=P(O)(O)O. The summed E-state index contributed by atoms with van der Waals surface area (Å²) < 4.78 is 17.8. The maximum absolute atomic E-state index is 8.88. The minimum atomic E-state index is -4.64. The third kappa shape index (κ3) is 79.0. The van der Waals surface area contributed by atoms with Crippen LogP contribution in [0.2, 0.25) is 0 Å². The second-order valence-corrected chi connectivity index (χ2v) is 18.9. The molecule has 12 nitrogen and oxygen atoms in total. The van der Waals surface area contributed by atoms with E-state index in [1.807, 2.05) is 0 Å². The average molecular weight is 895 g/mol. The molecule has 0 aliphatic carbocycles. The van der Waals surface area contributed by atoms with Crippen molar-refractivity contribution in [3.63, 3.8) is 0 Å². The summed E-state index contributed by atoms with van der Waals surface area (Å²) in [6.07, 6.45) is 53.4. The Hall–Kier alpha value is 0.0600. The van der Waals surface area contributed by atoms with Crippen molar-refractivity contribution in [2.75, 3.05) is 0 Å². The highest BCUT2D eigenvalue weighted by Gasteiger charge is 2.27. The molecule has 0 aromatic rings. The number of aliphatic hydroxyl groups excluding tert-OH is 1. The van der Waals surface area contributed by atoms with E-state index in [1.165, 1.54) is 244 Å². The molecule has 0 saturated heterocycles. The molecule has 0 amide bonds. The minimum absolute atomic E-state index is 0.101. The molecule has 1 atom stereocenters. The standard InChI is InChI=1S/C41H84.C4H10O4.2H3O4P/c1-4-7-10-12-14-16-18-20-22-24-26-28-30-32-34-36-39-41(38-9-6-3)40-37-35-33-31-29-27-25-23-21-19-17-15-13-11-8-5-2;1-2-3(5)4(6,7)8;2*1-5(2,3)4/h41H,4-40H2,1-3H3;3,5-8H,2H2,1H3;2*(H3,1,2,3,4). The van der Waals surface area contributed by atoms with E-state index >= 15 is 0 Å². The van der Waals surface area contributed by atoms with Crippen LogP contribution in [0.5, 0.6) is 0 Å². The van der Waals surface area contributed by atoms with Gasteiger partial charge < -0.3 is 49.8 Å². The summed E-state index contributed by atoms with van der Waals surface area (Å²) in [5.74, 6) is -1.90. The van der Waals surface area contributed by atoms with Crippen molar-refractivity contribution in [1.82, 2.24) is 0 Å². The fraction of sp³-hybridized carbons (Fsp3) is 1.00. The normalized spacial score (nSPS) is 12.3. The molecule has 0 heterocycles. The Labute approximate surface area is 363 Å². The van der Waals surface area contributed by atoms with E-state index in [9.17, 15) is 0 Å². The fourth-order valence-electron chi connectivity index (χ4n) is 7.16. The molecule has 10 N–H and O–H groups in total. The number of phosphoric acid groups is 2. The highest BCUT2D eigenvalue weighted by Crippen LogP contribution is 2.27. The van der Waals surface area contributed by atoms with Crippen molar-refractivity contribution in [1.29, 1.82) is 0 Å². The maximum Gasteiger partial charge on any atom is 0.466 e. The molecule has 0 aromatic carbocycles. The topological polar surface area (TPSA) is 236 Å². The van der Waals surface area contributed by atoms with Crippen molar-refractivity contribution < 1.29 is 58.9 Å². The summed E-state index contributed by atoms with van der Waals surface area (Å²) in [4.78, 5) is 43.1. The smallest absolute Gasteiger partial charge is 0.385 e. The van der Waals surface area contributed by atoms with E-state index in [0.29, 0.717) is 0 Å². The van der Waals surface area contributed by atoms with Gasteiger partial charge in [-0.15, -0.1) is 0 Å². The van der Waals surface area contributed by atoms with Crippen molar-refractivity contribution in [3.8, 4) is 0 Å². The lowest BCUT2D eigenvalue weighted by Crippen LogP contribution is -2.41. The molecular weight excluding hydrogens is 794 g/mol. The summed E-state index contributed by atoms with van der Waals surface area (Å²) >= 11 is 0. The van der Waals surface area contributed by atoms with Crippen LogP contribution in [-0.4, -0.2) is 61.9 Å². The van der Waals surface area contributed by atoms with Gasteiger partial charge in [-0.1, -0.05) is 265 Å². The van der Waals surface area contributed by atoms with Crippen LogP contribution in [0, 0.1) is 5.92 Å². The van der Waals surface area contributed by atoms with Crippen molar-refractivity contribution in [2.45, 2.75) is 284 Å². The number of rotatable bonds is 39. The predicted octanol–water partition coefficient (Wildman–Crippen LogP) is 12.6. The van der Waals surface area contributed by atoms with Gasteiger partial charge in [0.15, 0.2) is 0 Å². The van der Waals surface area contributed by atoms with Gasteiger partial charge in [0.1, 0.15) is 6.10 Å². The van der Waals surface area contributed by atoms with Gasteiger partial charge in [-0.2, -0.15) is 0 Å². The molecule has 0 aliphatic rings. The molecule has 14 heteroatoms. The van der Waals surface area contributed by atoms with E-state index in [2.05, 4.69) is 20.8 Å².